The lowest BCUT2D eigenvalue weighted by Gasteiger charge is -2.31. The first-order valence-electron chi connectivity index (χ1n) is 8.45. The first-order valence-corrected chi connectivity index (χ1v) is 8.45. The number of hydrogen-bond donors (Lipinski definition) is 1. The van der Waals surface area contributed by atoms with Gasteiger partial charge in [-0.15, -0.1) is 0 Å². The average Bonchev–Trinajstić information content (AvgIpc) is 3.06. The zero-order valence-electron chi connectivity index (χ0n) is 14.0. The van der Waals surface area contributed by atoms with E-state index in [0.717, 1.165) is 31.9 Å². The van der Waals surface area contributed by atoms with E-state index in [-0.39, 0.29) is 11.9 Å². The molecule has 0 spiro atoms. The van der Waals surface area contributed by atoms with Gasteiger partial charge >= 0.3 is 0 Å². The van der Waals surface area contributed by atoms with E-state index in [9.17, 15) is 4.39 Å². The van der Waals surface area contributed by atoms with Gasteiger partial charge in [0.25, 0.3) is 0 Å². The number of ether oxygens (including phenoxy) is 1. The van der Waals surface area contributed by atoms with Crippen LogP contribution in [0.3, 0.4) is 0 Å². The Labute approximate surface area is 145 Å². The predicted octanol–water partition coefficient (Wildman–Crippen LogP) is 3.08. The molecule has 130 valence electrons. The van der Waals surface area contributed by atoms with Crippen LogP contribution in [0.1, 0.15) is 24.7 Å². The predicted molar refractivity (Wildman–Crippen MR) is 92.6 cm³/mol. The lowest BCUT2D eigenvalue weighted by molar-refractivity contribution is 0.0594. The van der Waals surface area contributed by atoms with Crippen molar-refractivity contribution in [3.63, 3.8) is 0 Å². The topological polar surface area (TPSA) is 64.9 Å². The van der Waals surface area contributed by atoms with E-state index in [1.807, 2.05) is 17.8 Å². The van der Waals surface area contributed by atoms with Gasteiger partial charge in [0.05, 0.1) is 16.9 Å². The molecule has 3 heterocycles. The second-order valence-electron chi connectivity index (χ2n) is 6.32. The quantitative estimate of drug-likeness (QED) is 0.790. The molecule has 4 rings (SSSR count). The second-order valence-corrected chi connectivity index (χ2v) is 6.32. The van der Waals surface area contributed by atoms with Crippen molar-refractivity contribution in [2.75, 3.05) is 18.5 Å². The number of anilines is 1. The molecule has 0 aliphatic carbocycles. The lowest BCUT2D eigenvalue weighted by Crippen LogP contribution is -2.29. The van der Waals surface area contributed by atoms with Crippen LogP contribution in [-0.4, -0.2) is 32.7 Å². The van der Waals surface area contributed by atoms with Gasteiger partial charge in [-0.05, 0) is 30.9 Å². The number of fused-ring (bicyclic) bond motifs is 1. The largest absolute Gasteiger partial charge is 0.381 e. The molecule has 7 heteroatoms. The van der Waals surface area contributed by atoms with Crippen molar-refractivity contribution < 1.29 is 9.13 Å². The Morgan fingerprint density at radius 3 is 2.84 bits per heavy atom. The summed E-state index contributed by atoms with van der Waals surface area (Å²) in [5.41, 5.74) is 0.586. The van der Waals surface area contributed by atoms with Crippen molar-refractivity contribution >= 4 is 16.7 Å². The Morgan fingerprint density at radius 2 is 2.08 bits per heavy atom. The van der Waals surface area contributed by atoms with E-state index in [1.54, 1.807) is 18.3 Å². The summed E-state index contributed by atoms with van der Waals surface area (Å²) in [6, 6.07) is 4.81. The van der Waals surface area contributed by atoms with Crippen molar-refractivity contribution in [1.29, 1.82) is 0 Å². The minimum absolute atomic E-state index is 0.0680. The van der Waals surface area contributed by atoms with Gasteiger partial charge in [0.1, 0.15) is 23.8 Å². The molecular weight excluding hydrogens is 321 g/mol. The minimum Gasteiger partial charge on any atom is -0.381 e. The summed E-state index contributed by atoms with van der Waals surface area (Å²) >= 11 is 0. The fourth-order valence-corrected chi connectivity index (χ4v) is 3.44. The maximum Gasteiger partial charge on any atom is 0.140 e. The first kappa shape index (κ1) is 16.0. The summed E-state index contributed by atoms with van der Waals surface area (Å²) in [4.78, 5) is 13.0. The van der Waals surface area contributed by atoms with E-state index >= 15 is 0 Å². The van der Waals surface area contributed by atoms with Gasteiger partial charge in [-0.2, -0.15) is 0 Å². The molecule has 0 radical (unpaired) electrons. The summed E-state index contributed by atoms with van der Waals surface area (Å²) in [6.07, 6.45) is 7.01. The van der Waals surface area contributed by atoms with E-state index in [0.29, 0.717) is 22.6 Å². The summed E-state index contributed by atoms with van der Waals surface area (Å²) in [7, 11) is 1.97. The molecule has 0 unspecified atom stereocenters. The lowest BCUT2D eigenvalue weighted by atomic mass is 9.91. The number of rotatable bonds is 4. The molecule has 1 aliphatic rings. The van der Waals surface area contributed by atoms with E-state index in [2.05, 4.69) is 20.3 Å². The van der Waals surface area contributed by atoms with Crippen LogP contribution in [0.25, 0.3) is 10.9 Å². The summed E-state index contributed by atoms with van der Waals surface area (Å²) < 4.78 is 21.9. The summed E-state index contributed by atoms with van der Waals surface area (Å²) in [5.74, 6) is 1.43. The summed E-state index contributed by atoms with van der Waals surface area (Å²) in [6.45, 7) is 1.46. The molecule has 0 bridgehead atoms. The zero-order chi connectivity index (χ0) is 17.2. The van der Waals surface area contributed by atoms with E-state index in [4.69, 9.17) is 4.74 Å². The number of aryl methyl sites for hydroxylation is 1. The molecule has 0 saturated carbocycles. The van der Waals surface area contributed by atoms with Crippen LogP contribution in [0, 0.1) is 11.7 Å². The third-order valence-electron chi connectivity index (χ3n) is 4.78. The SMILES string of the molecule is Cn1ccnc1[C@H](Nc1ncnc2cccc(F)c12)C1CCOCC1. The molecule has 1 N–H and O–H groups in total. The van der Waals surface area contributed by atoms with Crippen LogP contribution in [-0.2, 0) is 11.8 Å². The van der Waals surface area contributed by atoms with Crippen LogP contribution >= 0.6 is 0 Å². The van der Waals surface area contributed by atoms with Crippen molar-refractivity contribution in [3.8, 4) is 0 Å². The van der Waals surface area contributed by atoms with Crippen LogP contribution in [0.4, 0.5) is 10.2 Å². The van der Waals surface area contributed by atoms with Crippen molar-refractivity contribution in [1.82, 2.24) is 19.5 Å². The Hall–Kier alpha value is -2.54. The highest BCUT2D eigenvalue weighted by Gasteiger charge is 2.29. The molecule has 1 aromatic carbocycles. The normalized spacial score (nSPS) is 16.9. The van der Waals surface area contributed by atoms with Gasteiger partial charge in [-0.25, -0.2) is 19.3 Å². The maximum atomic E-state index is 14.4. The molecule has 1 atom stereocenters. The third-order valence-corrected chi connectivity index (χ3v) is 4.78. The van der Waals surface area contributed by atoms with Gasteiger partial charge in [0.15, 0.2) is 0 Å². The number of nitrogens with zero attached hydrogens (tertiary/aromatic N) is 4. The van der Waals surface area contributed by atoms with Crippen LogP contribution in [0.5, 0.6) is 0 Å². The highest BCUT2D eigenvalue weighted by molar-refractivity contribution is 5.89. The molecule has 1 fully saturated rings. The number of nitrogens with one attached hydrogen (secondary N) is 1. The number of halogens is 1. The highest BCUT2D eigenvalue weighted by Crippen LogP contribution is 2.34. The molecule has 3 aromatic rings. The van der Waals surface area contributed by atoms with E-state index in [1.165, 1.54) is 12.4 Å². The smallest absolute Gasteiger partial charge is 0.140 e. The maximum absolute atomic E-state index is 14.4. The molecule has 6 nitrogen and oxygen atoms in total. The molecule has 1 aliphatic heterocycles. The highest BCUT2D eigenvalue weighted by atomic mass is 19.1. The number of imidazole rings is 1. The van der Waals surface area contributed by atoms with Crippen LogP contribution < -0.4 is 5.32 Å². The average molecular weight is 341 g/mol. The van der Waals surface area contributed by atoms with Crippen LogP contribution in [0.15, 0.2) is 36.9 Å². The second kappa shape index (κ2) is 6.76. The zero-order valence-corrected chi connectivity index (χ0v) is 14.0. The molecular formula is C18H20FN5O. The molecule has 2 aromatic heterocycles. The molecule has 25 heavy (non-hydrogen) atoms. The first-order chi connectivity index (χ1) is 12.2. The van der Waals surface area contributed by atoms with Gasteiger partial charge < -0.3 is 14.6 Å². The fourth-order valence-electron chi connectivity index (χ4n) is 3.44. The van der Waals surface area contributed by atoms with Gasteiger partial charge in [-0.3, -0.25) is 0 Å². The van der Waals surface area contributed by atoms with Gasteiger partial charge in [-0.1, -0.05) is 6.07 Å². The monoisotopic (exact) mass is 341 g/mol. The molecule has 0 amide bonds. The van der Waals surface area contributed by atoms with Crippen molar-refractivity contribution in [2.45, 2.75) is 18.9 Å². The number of hydrogen-bond acceptors (Lipinski definition) is 5. The Balaban J connectivity index is 1.75. The molecule has 1 saturated heterocycles. The minimum atomic E-state index is -0.328. The number of aromatic nitrogens is 4. The Morgan fingerprint density at radius 1 is 1.24 bits per heavy atom. The number of benzene rings is 1. The Bertz CT molecular complexity index is 870. The fraction of sp³-hybridized carbons (Fsp3) is 0.389. The third kappa shape index (κ3) is 3.07. The van der Waals surface area contributed by atoms with Gasteiger partial charge in [0, 0.05) is 32.7 Å². The van der Waals surface area contributed by atoms with Crippen molar-refractivity contribution in [3.05, 3.63) is 48.6 Å². The van der Waals surface area contributed by atoms with Crippen LogP contribution in [0.2, 0.25) is 0 Å². The summed E-state index contributed by atoms with van der Waals surface area (Å²) in [5, 5.41) is 3.86. The van der Waals surface area contributed by atoms with E-state index < -0.39 is 0 Å². The van der Waals surface area contributed by atoms with Gasteiger partial charge in [0.2, 0.25) is 0 Å². The standard InChI is InChI=1S/C18H20FN5O/c1-24-8-7-20-18(24)16(12-5-9-25-10-6-12)23-17-15-13(19)3-2-4-14(15)21-11-22-17/h2-4,7-8,11-12,16H,5-6,9-10H2,1H3,(H,21,22,23)/t16-/m1/s1. The van der Waals surface area contributed by atoms with Crippen molar-refractivity contribution in [2.24, 2.45) is 13.0 Å². The Kier molecular flexibility index (Phi) is 4.31.